The first-order valence-corrected chi connectivity index (χ1v) is 5.85. The van der Waals surface area contributed by atoms with Gasteiger partial charge in [0, 0.05) is 24.4 Å². The highest BCUT2D eigenvalue weighted by molar-refractivity contribution is 5.43. The summed E-state index contributed by atoms with van der Waals surface area (Å²) in [4.78, 5) is 0. The van der Waals surface area contributed by atoms with Crippen LogP contribution in [0.25, 0.3) is 0 Å². The van der Waals surface area contributed by atoms with Crippen LogP contribution in [0.3, 0.4) is 0 Å². The number of aliphatic hydroxyl groups excluding tert-OH is 1. The molecule has 1 unspecified atom stereocenters. The lowest BCUT2D eigenvalue weighted by Crippen LogP contribution is -2.03. The van der Waals surface area contributed by atoms with Gasteiger partial charge in [-0.25, -0.2) is 0 Å². The van der Waals surface area contributed by atoms with E-state index in [1.165, 1.54) is 0 Å². The number of aliphatic hydroxyl groups is 1. The summed E-state index contributed by atoms with van der Waals surface area (Å²) in [6.45, 7) is 3.88. The first kappa shape index (κ1) is 12.6. The molecule has 1 aromatic carbocycles. The Morgan fingerprint density at radius 1 is 1.28 bits per heavy atom. The van der Waals surface area contributed by atoms with Crippen LogP contribution >= 0.6 is 0 Å². The van der Waals surface area contributed by atoms with Crippen LogP contribution in [-0.4, -0.2) is 22.0 Å². The Balaban J connectivity index is 2.48. The van der Waals surface area contributed by atoms with E-state index in [1.807, 2.05) is 45.3 Å². The summed E-state index contributed by atoms with van der Waals surface area (Å²) in [6, 6.07) is 5.78. The molecule has 2 aromatic rings. The number of ether oxygens (including phenoxy) is 1. The second kappa shape index (κ2) is 4.82. The summed E-state index contributed by atoms with van der Waals surface area (Å²) in [5.74, 6) is 0.691. The van der Waals surface area contributed by atoms with Gasteiger partial charge in [0.15, 0.2) is 0 Å². The van der Waals surface area contributed by atoms with E-state index in [9.17, 15) is 5.11 Å². The summed E-state index contributed by atoms with van der Waals surface area (Å²) < 4.78 is 7.01. The highest BCUT2D eigenvalue weighted by Crippen LogP contribution is 2.31. The highest BCUT2D eigenvalue weighted by Gasteiger charge is 2.19. The van der Waals surface area contributed by atoms with E-state index < -0.39 is 6.10 Å². The third-order valence-corrected chi connectivity index (χ3v) is 3.03. The van der Waals surface area contributed by atoms with Gasteiger partial charge in [0.2, 0.25) is 0 Å². The second-order valence-corrected chi connectivity index (χ2v) is 4.49. The van der Waals surface area contributed by atoms with Gasteiger partial charge in [-0.15, -0.1) is 0 Å². The molecule has 0 fully saturated rings. The zero-order valence-corrected chi connectivity index (χ0v) is 11.1. The number of rotatable bonds is 3. The fourth-order valence-corrected chi connectivity index (χ4v) is 2.12. The van der Waals surface area contributed by atoms with Crippen molar-refractivity contribution in [2.45, 2.75) is 20.0 Å². The standard InChI is InChI=1S/C14H18N2O2/c1-9-5-6-13(18-4)11(7-9)14(17)12-8-16(3)15-10(12)2/h5-8,14,17H,1-4H3. The molecule has 4 nitrogen and oxygen atoms in total. The molecule has 0 aliphatic carbocycles. The molecule has 1 heterocycles. The topological polar surface area (TPSA) is 47.3 Å². The maximum absolute atomic E-state index is 10.5. The molecular weight excluding hydrogens is 228 g/mol. The number of hydrogen-bond acceptors (Lipinski definition) is 3. The van der Waals surface area contributed by atoms with Gasteiger partial charge < -0.3 is 9.84 Å². The van der Waals surface area contributed by atoms with Crippen LogP contribution in [0, 0.1) is 13.8 Å². The average Bonchev–Trinajstić information content (AvgIpc) is 2.67. The van der Waals surface area contributed by atoms with Gasteiger partial charge in [-0.3, -0.25) is 4.68 Å². The molecule has 0 aliphatic heterocycles. The van der Waals surface area contributed by atoms with Gasteiger partial charge in [0.1, 0.15) is 11.9 Å². The lowest BCUT2D eigenvalue weighted by molar-refractivity contribution is 0.214. The molecule has 96 valence electrons. The summed E-state index contributed by atoms with van der Waals surface area (Å²) in [7, 11) is 3.45. The fraction of sp³-hybridized carbons (Fsp3) is 0.357. The molecule has 1 atom stereocenters. The quantitative estimate of drug-likeness (QED) is 0.902. The van der Waals surface area contributed by atoms with Gasteiger partial charge in [-0.1, -0.05) is 11.6 Å². The number of nitrogens with zero attached hydrogens (tertiary/aromatic N) is 2. The van der Waals surface area contributed by atoms with Crippen molar-refractivity contribution in [2.24, 2.45) is 7.05 Å². The minimum absolute atomic E-state index is 0.691. The first-order chi connectivity index (χ1) is 8.52. The lowest BCUT2D eigenvalue weighted by Gasteiger charge is -2.15. The number of methoxy groups -OCH3 is 1. The maximum Gasteiger partial charge on any atom is 0.125 e. The number of aryl methyl sites for hydroxylation is 3. The van der Waals surface area contributed by atoms with Gasteiger partial charge in [0.05, 0.1) is 12.8 Å². The fourth-order valence-electron chi connectivity index (χ4n) is 2.12. The third-order valence-electron chi connectivity index (χ3n) is 3.03. The smallest absolute Gasteiger partial charge is 0.125 e. The predicted octanol–water partition coefficient (Wildman–Crippen LogP) is 2.13. The number of hydrogen-bond donors (Lipinski definition) is 1. The first-order valence-electron chi connectivity index (χ1n) is 5.85. The Kier molecular flexibility index (Phi) is 3.39. The molecule has 0 radical (unpaired) electrons. The lowest BCUT2D eigenvalue weighted by atomic mass is 9.99. The molecule has 2 rings (SSSR count). The zero-order valence-electron chi connectivity index (χ0n) is 11.1. The van der Waals surface area contributed by atoms with Gasteiger partial charge >= 0.3 is 0 Å². The summed E-state index contributed by atoms with van der Waals surface area (Å²) >= 11 is 0. The molecule has 18 heavy (non-hydrogen) atoms. The van der Waals surface area contributed by atoms with Crippen molar-refractivity contribution in [2.75, 3.05) is 7.11 Å². The number of aromatic nitrogens is 2. The second-order valence-electron chi connectivity index (χ2n) is 4.49. The van der Waals surface area contributed by atoms with E-state index in [1.54, 1.807) is 11.8 Å². The van der Waals surface area contributed by atoms with Crippen LogP contribution in [0.4, 0.5) is 0 Å². The summed E-state index contributed by atoms with van der Waals surface area (Å²) in [5, 5.41) is 14.7. The minimum atomic E-state index is -0.714. The summed E-state index contributed by atoms with van der Waals surface area (Å²) in [6.07, 6.45) is 1.12. The summed E-state index contributed by atoms with van der Waals surface area (Å²) in [5.41, 5.74) is 3.50. The van der Waals surface area contributed by atoms with E-state index in [2.05, 4.69) is 5.10 Å². The van der Waals surface area contributed by atoms with Gasteiger partial charge in [0.25, 0.3) is 0 Å². The molecular formula is C14H18N2O2. The molecule has 1 aromatic heterocycles. The largest absolute Gasteiger partial charge is 0.496 e. The predicted molar refractivity (Wildman–Crippen MR) is 69.7 cm³/mol. The normalized spacial score (nSPS) is 12.5. The minimum Gasteiger partial charge on any atom is -0.496 e. The molecule has 0 aliphatic rings. The monoisotopic (exact) mass is 246 g/mol. The van der Waals surface area contributed by atoms with E-state index in [0.717, 1.165) is 22.4 Å². The maximum atomic E-state index is 10.5. The van der Waals surface area contributed by atoms with Crippen molar-refractivity contribution >= 4 is 0 Å². The van der Waals surface area contributed by atoms with Crippen LogP contribution in [-0.2, 0) is 7.05 Å². The molecule has 1 N–H and O–H groups in total. The van der Waals surface area contributed by atoms with Crippen LogP contribution in [0.5, 0.6) is 5.75 Å². The van der Waals surface area contributed by atoms with Crippen LogP contribution in [0.15, 0.2) is 24.4 Å². The van der Waals surface area contributed by atoms with E-state index in [0.29, 0.717) is 5.75 Å². The van der Waals surface area contributed by atoms with E-state index in [4.69, 9.17) is 4.74 Å². The van der Waals surface area contributed by atoms with Crippen molar-refractivity contribution in [1.29, 1.82) is 0 Å². The molecule has 0 amide bonds. The van der Waals surface area contributed by atoms with Crippen LogP contribution in [0.2, 0.25) is 0 Å². The van der Waals surface area contributed by atoms with E-state index in [-0.39, 0.29) is 0 Å². The Bertz CT molecular complexity index is 561. The van der Waals surface area contributed by atoms with Gasteiger partial charge in [-0.2, -0.15) is 5.10 Å². The Labute approximate surface area is 107 Å². The Morgan fingerprint density at radius 3 is 2.56 bits per heavy atom. The van der Waals surface area contributed by atoms with Crippen molar-refractivity contribution < 1.29 is 9.84 Å². The van der Waals surface area contributed by atoms with Crippen LogP contribution < -0.4 is 4.74 Å². The van der Waals surface area contributed by atoms with Crippen molar-refractivity contribution in [1.82, 2.24) is 9.78 Å². The van der Waals surface area contributed by atoms with Gasteiger partial charge in [-0.05, 0) is 26.0 Å². The average molecular weight is 246 g/mol. The zero-order chi connectivity index (χ0) is 13.3. The van der Waals surface area contributed by atoms with Crippen molar-refractivity contribution in [3.05, 3.63) is 46.8 Å². The van der Waals surface area contributed by atoms with Crippen molar-refractivity contribution in [3.8, 4) is 5.75 Å². The Hall–Kier alpha value is -1.81. The SMILES string of the molecule is COc1ccc(C)cc1C(O)c1cn(C)nc1C. The third kappa shape index (κ3) is 2.24. The molecule has 0 spiro atoms. The van der Waals surface area contributed by atoms with Crippen LogP contribution in [0.1, 0.15) is 28.5 Å². The molecule has 4 heteroatoms. The van der Waals surface area contributed by atoms with Crippen molar-refractivity contribution in [3.63, 3.8) is 0 Å². The van der Waals surface area contributed by atoms with E-state index >= 15 is 0 Å². The highest BCUT2D eigenvalue weighted by atomic mass is 16.5. The number of benzene rings is 1. The molecule has 0 bridgehead atoms. The molecule has 0 saturated heterocycles. The Morgan fingerprint density at radius 2 is 2.00 bits per heavy atom. The molecule has 0 saturated carbocycles.